The van der Waals surface area contributed by atoms with Crippen molar-refractivity contribution in [3.63, 3.8) is 0 Å². The number of benzene rings is 1. The molecular weight excluding hydrogens is 252 g/mol. The van der Waals surface area contributed by atoms with Gasteiger partial charge in [0.25, 0.3) is 0 Å². The lowest BCUT2D eigenvalue weighted by atomic mass is 10.1. The van der Waals surface area contributed by atoms with Gasteiger partial charge in [-0.1, -0.05) is 36.7 Å². The van der Waals surface area contributed by atoms with Crippen LogP contribution in [0, 0.1) is 6.92 Å². The zero-order valence-corrected chi connectivity index (χ0v) is 11.5. The zero-order chi connectivity index (χ0) is 12.3. The zero-order valence-electron chi connectivity index (χ0n) is 9.90. The minimum absolute atomic E-state index is 0.0902. The Balaban J connectivity index is 2.39. The van der Waals surface area contributed by atoms with E-state index in [1.165, 1.54) is 0 Å². The third-order valence-electron chi connectivity index (χ3n) is 2.51. The molecule has 2 aromatic rings. The lowest BCUT2D eigenvalue weighted by Gasteiger charge is -2.17. The second kappa shape index (κ2) is 5.63. The molecule has 0 aliphatic heterocycles. The molecule has 90 valence electrons. The van der Waals surface area contributed by atoms with Crippen LogP contribution in [-0.4, -0.2) is 11.5 Å². The number of aryl methyl sites for hydroxylation is 1. The quantitative estimate of drug-likeness (QED) is 0.910. The van der Waals surface area contributed by atoms with Gasteiger partial charge in [-0.15, -0.1) is 11.3 Å². The van der Waals surface area contributed by atoms with E-state index in [9.17, 15) is 0 Å². The Hall–Kier alpha value is -0.900. The highest BCUT2D eigenvalue weighted by molar-refractivity contribution is 7.09. The van der Waals surface area contributed by atoms with Crippen LogP contribution in [0.1, 0.15) is 29.2 Å². The van der Waals surface area contributed by atoms with E-state index >= 15 is 0 Å². The number of hydrogen-bond donors (Lipinski definition) is 1. The maximum absolute atomic E-state index is 6.25. The number of hydrogen-bond acceptors (Lipinski definition) is 3. The SMILES string of the molecule is CCNC(c1nc(C)cs1)c1ccccc1Cl. The molecule has 0 radical (unpaired) electrons. The molecule has 0 aliphatic rings. The van der Waals surface area contributed by atoms with Crippen molar-refractivity contribution in [3.8, 4) is 0 Å². The van der Waals surface area contributed by atoms with Crippen LogP contribution in [0.5, 0.6) is 0 Å². The van der Waals surface area contributed by atoms with E-state index in [1.807, 2.05) is 31.2 Å². The molecule has 4 heteroatoms. The normalized spacial score (nSPS) is 12.6. The van der Waals surface area contributed by atoms with Gasteiger partial charge in [-0.3, -0.25) is 0 Å². The molecule has 0 bridgehead atoms. The smallest absolute Gasteiger partial charge is 0.114 e. The van der Waals surface area contributed by atoms with Gasteiger partial charge in [0.2, 0.25) is 0 Å². The predicted octanol–water partition coefficient (Wildman–Crippen LogP) is 3.80. The summed E-state index contributed by atoms with van der Waals surface area (Å²) >= 11 is 7.92. The number of nitrogens with zero attached hydrogens (tertiary/aromatic N) is 1. The van der Waals surface area contributed by atoms with Crippen molar-refractivity contribution in [1.82, 2.24) is 10.3 Å². The first-order valence-corrected chi connectivity index (χ1v) is 6.88. The van der Waals surface area contributed by atoms with Gasteiger partial charge in [-0.05, 0) is 25.1 Å². The van der Waals surface area contributed by atoms with E-state index in [4.69, 9.17) is 11.6 Å². The fraction of sp³-hybridized carbons (Fsp3) is 0.308. The van der Waals surface area contributed by atoms with E-state index in [-0.39, 0.29) is 6.04 Å². The van der Waals surface area contributed by atoms with Crippen molar-refractivity contribution >= 4 is 22.9 Å². The number of aromatic nitrogens is 1. The molecule has 1 atom stereocenters. The Kier molecular flexibility index (Phi) is 4.15. The monoisotopic (exact) mass is 266 g/mol. The molecular formula is C13H15ClN2S. The topological polar surface area (TPSA) is 24.9 Å². The van der Waals surface area contributed by atoms with Gasteiger partial charge in [-0.2, -0.15) is 0 Å². The summed E-state index contributed by atoms with van der Waals surface area (Å²) in [5.41, 5.74) is 2.14. The second-order valence-electron chi connectivity index (χ2n) is 3.84. The number of halogens is 1. The van der Waals surface area contributed by atoms with Gasteiger partial charge >= 0.3 is 0 Å². The van der Waals surface area contributed by atoms with Crippen LogP contribution in [0.2, 0.25) is 5.02 Å². The molecule has 0 fully saturated rings. The van der Waals surface area contributed by atoms with Crippen molar-refractivity contribution in [3.05, 3.63) is 50.9 Å². The summed E-state index contributed by atoms with van der Waals surface area (Å²) in [7, 11) is 0. The Labute approximate surface area is 111 Å². The van der Waals surface area contributed by atoms with Gasteiger partial charge in [0.1, 0.15) is 5.01 Å². The minimum Gasteiger partial charge on any atom is -0.304 e. The summed E-state index contributed by atoms with van der Waals surface area (Å²) in [6.45, 7) is 4.98. The van der Waals surface area contributed by atoms with Crippen LogP contribution < -0.4 is 5.32 Å². The highest BCUT2D eigenvalue weighted by Gasteiger charge is 2.18. The van der Waals surface area contributed by atoms with E-state index < -0.39 is 0 Å². The van der Waals surface area contributed by atoms with Crippen LogP contribution in [-0.2, 0) is 0 Å². The van der Waals surface area contributed by atoms with E-state index in [0.29, 0.717) is 0 Å². The molecule has 0 amide bonds. The molecule has 0 saturated carbocycles. The third-order valence-corrected chi connectivity index (χ3v) is 3.88. The molecule has 1 aromatic heterocycles. The summed E-state index contributed by atoms with van der Waals surface area (Å²) in [5, 5.41) is 7.35. The van der Waals surface area contributed by atoms with Crippen LogP contribution in [0.3, 0.4) is 0 Å². The summed E-state index contributed by atoms with van der Waals surface area (Å²) in [5.74, 6) is 0. The van der Waals surface area contributed by atoms with Crippen molar-refractivity contribution < 1.29 is 0 Å². The molecule has 0 saturated heterocycles. The fourth-order valence-corrected chi connectivity index (χ4v) is 2.88. The molecule has 1 heterocycles. The van der Waals surface area contributed by atoms with Gasteiger partial charge in [0.05, 0.1) is 6.04 Å². The van der Waals surface area contributed by atoms with E-state index in [0.717, 1.165) is 27.8 Å². The average Bonchev–Trinajstić information content (AvgIpc) is 2.74. The van der Waals surface area contributed by atoms with Crippen LogP contribution in [0.15, 0.2) is 29.6 Å². The van der Waals surface area contributed by atoms with Crippen molar-refractivity contribution in [2.24, 2.45) is 0 Å². The molecule has 0 spiro atoms. The second-order valence-corrected chi connectivity index (χ2v) is 5.14. The van der Waals surface area contributed by atoms with E-state index in [2.05, 4.69) is 22.6 Å². The number of nitrogens with one attached hydrogen (secondary N) is 1. The molecule has 2 rings (SSSR count). The summed E-state index contributed by atoms with van der Waals surface area (Å²) in [6.07, 6.45) is 0. The van der Waals surface area contributed by atoms with Gasteiger partial charge in [-0.25, -0.2) is 4.98 Å². The summed E-state index contributed by atoms with van der Waals surface area (Å²) in [6, 6.07) is 8.01. The molecule has 1 unspecified atom stereocenters. The van der Waals surface area contributed by atoms with Crippen molar-refractivity contribution in [1.29, 1.82) is 0 Å². The summed E-state index contributed by atoms with van der Waals surface area (Å²) in [4.78, 5) is 4.54. The van der Waals surface area contributed by atoms with Crippen LogP contribution >= 0.6 is 22.9 Å². The Morgan fingerprint density at radius 1 is 1.41 bits per heavy atom. The van der Waals surface area contributed by atoms with Gasteiger partial charge in [0, 0.05) is 16.1 Å². The molecule has 17 heavy (non-hydrogen) atoms. The first-order valence-electron chi connectivity index (χ1n) is 5.62. The average molecular weight is 267 g/mol. The standard InChI is InChI=1S/C13H15ClN2S/c1-3-15-12(13-16-9(2)8-17-13)10-6-4-5-7-11(10)14/h4-8,12,15H,3H2,1-2H3. The largest absolute Gasteiger partial charge is 0.304 e. The Bertz CT molecular complexity index is 496. The maximum atomic E-state index is 6.25. The lowest BCUT2D eigenvalue weighted by Crippen LogP contribution is -2.22. The summed E-state index contributed by atoms with van der Waals surface area (Å²) < 4.78 is 0. The molecule has 0 aliphatic carbocycles. The first kappa shape index (κ1) is 12.6. The Morgan fingerprint density at radius 2 is 2.18 bits per heavy atom. The highest BCUT2D eigenvalue weighted by atomic mass is 35.5. The molecule has 1 N–H and O–H groups in total. The number of rotatable bonds is 4. The van der Waals surface area contributed by atoms with Gasteiger partial charge in [0.15, 0.2) is 0 Å². The van der Waals surface area contributed by atoms with Crippen LogP contribution in [0.4, 0.5) is 0 Å². The molecule has 1 aromatic carbocycles. The Morgan fingerprint density at radius 3 is 2.76 bits per heavy atom. The highest BCUT2D eigenvalue weighted by Crippen LogP contribution is 2.29. The van der Waals surface area contributed by atoms with Crippen LogP contribution in [0.25, 0.3) is 0 Å². The fourth-order valence-electron chi connectivity index (χ4n) is 1.75. The van der Waals surface area contributed by atoms with Gasteiger partial charge < -0.3 is 5.32 Å². The minimum atomic E-state index is 0.0902. The van der Waals surface area contributed by atoms with Crippen molar-refractivity contribution in [2.75, 3.05) is 6.54 Å². The van der Waals surface area contributed by atoms with E-state index in [1.54, 1.807) is 11.3 Å². The third kappa shape index (κ3) is 2.86. The van der Waals surface area contributed by atoms with Crippen molar-refractivity contribution in [2.45, 2.75) is 19.9 Å². The molecule has 2 nitrogen and oxygen atoms in total. The first-order chi connectivity index (χ1) is 8.22. The predicted molar refractivity (Wildman–Crippen MR) is 73.8 cm³/mol. The lowest BCUT2D eigenvalue weighted by molar-refractivity contribution is 0.626. The maximum Gasteiger partial charge on any atom is 0.114 e. The number of thiazole rings is 1.